The van der Waals surface area contributed by atoms with Gasteiger partial charge in [0.25, 0.3) is 6.73 Å². The molecule has 0 aliphatic carbocycles. The van der Waals surface area contributed by atoms with Crippen LogP contribution in [0.25, 0.3) is 0 Å². The molecule has 0 saturated heterocycles. The Labute approximate surface area is 125 Å². The van der Waals surface area contributed by atoms with Crippen molar-refractivity contribution in [3.63, 3.8) is 0 Å². The van der Waals surface area contributed by atoms with Crippen molar-refractivity contribution in [2.75, 3.05) is 6.61 Å². The SMILES string of the molecule is CCCCCCCCCCOC[n+]1ccc(CC)cc1. The Hall–Kier alpha value is -0.890. The maximum atomic E-state index is 5.70. The van der Waals surface area contributed by atoms with Crippen molar-refractivity contribution in [2.24, 2.45) is 0 Å². The van der Waals surface area contributed by atoms with Gasteiger partial charge in [0.1, 0.15) is 0 Å². The van der Waals surface area contributed by atoms with Crippen LogP contribution in [0.4, 0.5) is 0 Å². The summed E-state index contributed by atoms with van der Waals surface area (Å²) in [5.74, 6) is 0. The van der Waals surface area contributed by atoms with Crippen LogP contribution in [-0.4, -0.2) is 6.61 Å². The average molecular weight is 278 g/mol. The van der Waals surface area contributed by atoms with Crippen LogP contribution >= 0.6 is 0 Å². The van der Waals surface area contributed by atoms with E-state index in [0.29, 0.717) is 6.73 Å². The van der Waals surface area contributed by atoms with E-state index in [1.54, 1.807) is 0 Å². The molecule has 20 heavy (non-hydrogen) atoms. The van der Waals surface area contributed by atoms with Gasteiger partial charge in [0.2, 0.25) is 0 Å². The summed E-state index contributed by atoms with van der Waals surface area (Å²) in [5, 5.41) is 0. The lowest BCUT2D eigenvalue weighted by Crippen LogP contribution is -2.34. The third-order valence-electron chi connectivity index (χ3n) is 3.75. The molecule has 1 aromatic rings. The van der Waals surface area contributed by atoms with Gasteiger partial charge in [0.05, 0.1) is 6.61 Å². The second-order valence-electron chi connectivity index (χ2n) is 5.59. The van der Waals surface area contributed by atoms with Crippen LogP contribution in [0.3, 0.4) is 0 Å². The van der Waals surface area contributed by atoms with Crippen LogP contribution in [0, 0.1) is 0 Å². The summed E-state index contributed by atoms with van der Waals surface area (Å²) >= 11 is 0. The fraction of sp³-hybridized carbons (Fsp3) is 0.722. The van der Waals surface area contributed by atoms with Crippen molar-refractivity contribution in [2.45, 2.75) is 78.4 Å². The van der Waals surface area contributed by atoms with E-state index >= 15 is 0 Å². The van der Waals surface area contributed by atoms with E-state index in [1.165, 1.54) is 56.9 Å². The van der Waals surface area contributed by atoms with Crippen molar-refractivity contribution in [3.05, 3.63) is 30.1 Å². The minimum Gasteiger partial charge on any atom is -0.323 e. The molecule has 0 fully saturated rings. The minimum atomic E-state index is 0.681. The van der Waals surface area contributed by atoms with Gasteiger partial charge in [-0.15, -0.1) is 0 Å². The van der Waals surface area contributed by atoms with Crippen molar-refractivity contribution >= 4 is 0 Å². The molecular weight excluding hydrogens is 246 g/mol. The molecule has 1 aromatic heterocycles. The third kappa shape index (κ3) is 8.31. The number of rotatable bonds is 12. The Morgan fingerprint density at radius 2 is 1.45 bits per heavy atom. The highest BCUT2D eigenvalue weighted by molar-refractivity contribution is 5.06. The third-order valence-corrected chi connectivity index (χ3v) is 3.75. The van der Waals surface area contributed by atoms with E-state index in [0.717, 1.165) is 13.0 Å². The Morgan fingerprint density at radius 3 is 2.05 bits per heavy atom. The average Bonchev–Trinajstić information content (AvgIpc) is 2.50. The smallest absolute Gasteiger partial charge is 0.252 e. The molecular formula is C18H32NO+. The first-order valence-corrected chi connectivity index (χ1v) is 8.42. The molecule has 0 aromatic carbocycles. The zero-order chi connectivity index (χ0) is 14.5. The summed E-state index contributed by atoms with van der Waals surface area (Å²) in [5.41, 5.74) is 1.38. The van der Waals surface area contributed by atoms with E-state index in [2.05, 4.69) is 42.9 Å². The Bertz CT molecular complexity index is 321. The predicted octanol–water partition coefficient (Wildman–Crippen LogP) is 4.65. The lowest BCUT2D eigenvalue weighted by molar-refractivity contribution is -0.732. The molecule has 0 aliphatic heterocycles. The number of hydrogen-bond donors (Lipinski definition) is 0. The molecule has 2 heteroatoms. The first-order chi connectivity index (χ1) is 9.86. The van der Waals surface area contributed by atoms with Gasteiger partial charge < -0.3 is 4.74 Å². The first kappa shape index (κ1) is 17.2. The number of unbranched alkanes of at least 4 members (excludes halogenated alkanes) is 7. The number of nitrogens with zero attached hydrogens (tertiary/aromatic N) is 1. The zero-order valence-corrected chi connectivity index (χ0v) is 13.4. The molecule has 0 unspecified atom stereocenters. The summed E-state index contributed by atoms with van der Waals surface area (Å²) in [6.07, 6.45) is 16.1. The van der Waals surface area contributed by atoms with Crippen LogP contribution in [-0.2, 0) is 17.9 Å². The molecule has 0 amide bonds. The topological polar surface area (TPSA) is 13.1 Å². The monoisotopic (exact) mass is 278 g/mol. The van der Waals surface area contributed by atoms with Gasteiger partial charge in [-0.2, -0.15) is 4.57 Å². The molecule has 1 heterocycles. The molecule has 1 rings (SSSR count). The van der Waals surface area contributed by atoms with Gasteiger partial charge >= 0.3 is 0 Å². The number of pyridine rings is 1. The lowest BCUT2D eigenvalue weighted by Gasteiger charge is -2.02. The highest BCUT2D eigenvalue weighted by Gasteiger charge is 1.99. The molecule has 0 atom stereocenters. The fourth-order valence-corrected chi connectivity index (χ4v) is 2.32. The summed E-state index contributed by atoms with van der Waals surface area (Å²) in [4.78, 5) is 0. The van der Waals surface area contributed by atoms with E-state index in [9.17, 15) is 0 Å². The molecule has 0 aliphatic rings. The summed E-state index contributed by atoms with van der Waals surface area (Å²) < 4.78 is 7.80. The van der Waals surface area contributed by atoms with Crippen LogP contribution < -0.4 is 4.57 Å². The van der Waals surface area contributed by atoms with E-state index < -0.39 is 0 Å². The predicted molar refractivity (Wildman–Crippen MR) is 84.6 cm³/mol. The van der Waals surface area contributed by atoms with Gasteiger partial charge in [-0.05, 0) is 18.4 Å². The largest absolute Gasteiger partial charge is 0.323 e. The van der Waals surface area contributed by atoms with Crippen LogP contribution in [0.1, 0.15) is 70.8 Å². The number of aryl methyl sites for hydroxylation is 1. The normalized spacial score (nSPS) is 10.9. The maximum Gasteiger partial charge on any atom is 0.252 e. The van der Waals surface area contributed by atoms with Gasteiger partial charge in [-0.3, -0.25) is 0 Å². The van der Waals surface area contributed by atoms with Gasteiger partial charge in [-0.25, -0.2) is 0 Å². The van der Waals surface area contributed by atoms with E-state index in [4.69, 9.17) is 4.74 Å². The van der Waals surface area contributed by atoms with Gasteiger partial charge in [-0.1, -0.05) is 58.8 Å². The van der Waals surface area contributed by atoms with Crippen molar-refractivity contribution in [1.82, 2.24) is 0 Å². The first-order valence-electron chi connectivity index (χ1n) is 8.42. The van der Waals surface area contributed by atoms with Crippen LogP contribution in [0.2, 0.25) is 0 Å². The maximum absolute atomic E-state index is 5.70. The second-order valence-corrected chi connectivity index (χ2v) is 5.59. The van der Waals surface area contributed by atoms with Gasteiger partial charge in [0, 0.05) is 12.1 Å². The van der Waals surface area contributed by atoms with Crippen molar-refractivity contribution in [1.29, 1.82) is 0 Å². The van der Waals surface area contributed by atoms with Crippen molar-refractivity contribution in [3.8, 4) is 0 Å². The van der Waals surface area contributed by atoms with E-state index in [-0.39, 0.29) is 0 Å². The summed E-state index contributed by atoms with van der Waals surface area (Å²) in [7, 11) is 0. The minimum absolute atomic E-state index is 0.681. The number of hydrogen-bond acceptors (Lipinski definition) is 1. The Balaban J connectivity index is 1.91. The second kappa shape index (κ2) is 11.9. The highest BCUT2D eigenvalue weighted by atomic mass is 16.5. The molecule has 2 nitrogen and oxygen atoms in total. The van der Waals surface area contributed by atoms with Crippen LogP contribution in [0.5, 0.6) is 0 Å². The van der Waals surface area contributed by atoms with Gasteiger partial charge in [0.15, 0.2) is 12.4 Å². The molecule has 0 saturated carbocycles. The highest BCUT2D eigenvalue weighted by Crippen LogP contribution is 2.08. The molecule has 0 N–H and O–H groups in total. The number of ether oxygens (including phenoxy) is 1. The summed E-state index contributed by atoms with van der Waals surface area (Å²) in [6, 6.07) is 4.33. The van der Waals surface area contributed by atoms with Crippen LogP contribution in [0.15, 0.2) is 24.5 Å². The standard InChI is InChI=1S/C18H32NO/c1-3-5-6-7-8-9-10-11-16-20-17-19-14-12-18(4-2)13-15-19/h12-15H,3-11,16-17H2,1-2H3/q+1. The van der Waals surface area contributed by atoms with E-state index in [1.807, 2.05) is 0 Å². The lowest BCUT2D eigenvalue weighted by atomic mass is 10.1. The van der Waals surface area contributed by atoms with Crippen molar-refractivity contribution < 1.29 is 9.30 Å². The Kier molecular flexibility index (Phi) is 10.2. The molecule has 114 valence electrons. The quantitative estimate of drug-likeness (QED) is 0.400. The molecule has 0 bridgehead atoms. The number of aromatic nitrogens is 1. The zero-order valence-electron chi connectivity index (χ0n) is 13.4. The molecule has 0 radical (unpaired) electrons. The molecule has 0 spiro atoms. The summed E-state index contributed by atoms with van der Waals surface area (Å²) in [6.45, 7) is 6.02. The fourth-order valence-electron chi connectivity index (χ4n) is 2.32. The Morgan fingerprint density at radius 1 is 0.850 bits per heavy atom.